The first-order valence-electron chi connectivity index (χ1n) is 5.44. The minimum absolute atomic E-state index is 0.108. The molecule has 0 aromatic heterocycles. The molecule has 2 N–H and O–H groups in total. The molecule has 7 heteroatoms. The molecule has 18 heavy (non-hydrogen) atoms. The molecule has 1 rings (SSSR count). The first-order chi connectivity index (χ1) is 8.36. The van der Waals surface area contributed by atoms with Gasteiger partial charge in [0.05, 0.1) is 5.25 Å². The molecule has 1 aromatic carbocycles. The van der Waals surface area contributed by atoms with Crippen LogP contribution in [0.4, 0.5) is 8.78 Å². The van der Waals surface area contributed by atoms with Gasteiger partial charge < -0.3 is 5.32 Å². The van der Waals surface area contributed by atoms with Crippen LogP contribution >= 0.6 is 0 Å². The number of benzene rings is 1. The van der Waals surface area contributed by atoms with Crippen molar-refractivity contribution in [3.8, 4) is 0 Å². The average molecular weight is 278 g/mol. The second-order valence-corrected chi connectivity index (χ2v) is 6.15. The van der Waals surface area contributed by atoms with Crippen LogP contribution < -0.4 is 10.0 Å². The number of rotatable bonds is 6. The van der Waals surface area contributed by atoms with Crippen LogP contribution in [0.2, 0.25) is 0 Å². The van der Waals surface area contributed by atoms with E-state index in [4.69, 9.17) is 0 Å². The number of hydrogen-bond acceptors (Lipinski definition) is 3. The Hall–Kier alpha value is -1.05. The molecule has 0 fully saturated rings. The Labute approximate surface area is 105 Å². The van der Waals surface area contributed by atoms with E-state index in [1.54, 1.807) is 14.0 Å². The normalized spacial score (nSPS) is 13.6. The highest BCUT2D eigenvalue weighted by atomic mass is 32.2. The summed E-state index contributed by atoms with van der Waals surface area (Å²) in [6, 6.07) is 3.03. The predicted molar refractivity (Wildman–Crippen MR) is 65.5 cm³/mol. The van der Waals surface area contributed by atoms with Crippen molar-refractivity contribution in [2.75, 3.05) is 13.6 Å². The molecule has 0 amide bonds. The lowest BCUT2D eigenvalue weighted by atomic mass is 10.2. The van der Waals surface area contributed by atoms with E-state index in [0.717, 1.165) is 12.1 Å². The summed E-state index contributed by atoms with van der Waals surface area (Å²) in [7, 11) is -1.88. The largest absolute Gasteiger partial charge is 0.318 e. The van der Waals surface area contributed by atoms with E-state index in [9.17, 15) is 17.2 Å². The first kappa shape index (κ1) is 15.0. The molecule has 0 aliphatic heterocycles. The molecule has 1 atom stereocenters. The third-order valence-corrected chi connectivity index (χ3v) is 4.27. The average Bonchev–Trinajstić information content (AvgIpc) is 2.28. The van der Waals surface area contributed by atoms with Crippen LogP contribution in [-0.2, 0) is 16.6 Å². The zero-order valence-corrected chi connectivity index (χ0v) is 11.0. The lowest BCUT2D eigenvalue weighted by molar-refractivity contribution is 0.553. The third-order valence-electron chi connectivity index (χ3n) is 2.50. The van der Waals surface area contributed by atoms with Crippen molar-refractivity contribution in [1.82, 2.24) is 10.0 Å². The van der Waals surface area contributed by atoms with Crippen molar-refractivity contribution >= 4 is 10.0 Å². The van der Waals surface area contributed by atoms with Crippen LogP contribution in [0.1, 0.15) is 12.5 Å². The van der Waals surface area contributed by atoms with Crippen molar-refractivity contribution in [2.45, 2.75) is 18.7 Å². The SMILES string of the molecule is CNCC(C)S(=O)(=O)NCc1ccc(F)cc1F. The maximum absolute atomic E-state index is 13.3. The fraction of sp³-hybridized carbons (Fsp3) is 0.455. The molecule has 0 aliphatic rings. The number of halogens is 2. The molecule has 0 saturated carbocycles. The highest BCUT2D eigenvalue weighted by Gasteiger charge is 2.19. The molecule has 0 spiro atoms. The van der Waals surface area contributed by atoms with E-state index in [1.165, 1.54) is 6.07 Å². The van der Waals surface area contributed by atoms with E-state index in [-0.39, 0.29) is 12.1 Å². The topological polar surface area (TPSA) is 58.2 Å². The fourth-order valence-corrected chi connectivity index (χ4v) is 2.41. The van der Waals surface area contributed by atoms with E-state index in [1.807, 2.05) is 0 Å². The van der Waals surface area contributed by atoms with Gasteiger partial charge in [0.1, 0.15) is 11.6 Å². The molecule has 0 radical (unpaired) electrons. The van der Waals surface area contributed by atoms with E-state index in [0.29, 0.717) is 6.54 Å². The van der Waals surface area contributed by atoms with Gasteiger partial charge in [-0.05, 0) is 20.0 Å². The Morgan fingerprint density at radius 2 is 2.00 bits per heavy atom. The molecule has 1 unspecified atom stereocenters. The van der Waals surface area contributed by atoms with Crippen molar-refractivity contribution in [3.63, 3.8) is 0 Å². The zero-order chi connectivity index (χ0) is 13.8. The van der Waals surface area contributed by atoms with E-state index < -0.39 is 26.9 Å². The zero-order valence-electron chi connectivity index (χ0n) is 10.2. The van der Waals surface area contributed by atoms with Crippen LogP contribution in [-0.4, -0.2) is 27.3 Å². The Morgan fingerprint density at radius 3 is 2.56 bits per heavy atom. The highest BCUT2D eigenvalue weighted by molar-refractivity contribution is 7.90. The molecule has 102 valence electrons. The van der Waals surface area contributed by atoms with E-state index >= 15 is 0 Å². The van der Waals surface area contributed by atoms with Gasteiger partial charge in [-0.3, -0.25) is 0 Å². The van der Waals surface area contributed by atoms with Gasteiger partial charge in [0.2, 0.25) is 10.0 Å². The summed E-state index contributed by atoms with van der Waals surface area (Å²) >= 11 is 0. The van der Waals surface area contributed by atoms with Crippen molar-refractivity contribution in [3.05, 3.63) is 35.4 Å². The van der Waals surface area contributed by atoms with Gasteiger partial charge in [0.15, 0.2) is 0 Å². The van der Waals surface area contributed by atoms with Gasteiger partial charge >= 0.3 is 0 Å². The first-order valence-corrected chi connectivity index (χ1v) is 6.98. The molecular formula is C11H16F2N2O2S. The molecule has 0 saturated heterocycles. The lowest BCUT2D eigenvalue weighted by Crippen LogP contribution is -2.37. The standard InChI is InChI=1S/C11H16F2N2O2S/c1-8(6-14-2)18(16,17)15-7-9-3-4-10(12)5-11(9)13/h3-5,8,14-15H,6-7H2,1-2H3. The highest BCUT2D eigenvalue weighted by Crippen LogP contribution is 2.10. The summed E-state index contributed by atoms with van der Waals surface area (Å²) < 4.78 is 51.7. The summed E-state index contributed by atoms with van der Waals surface area (Å²) in [4.78, 5) is 0. The van der Waals surface area contributed by atoms with Gasteiger partial charge in [-0.2, -0.15) is 0 Å². The molecule has 0 heterocycles. The Morgan fingerprint density at radius 1 is 1.33 bits per heavy atom. The number of sulfonamides is 1. The summed E-state index contributed by atoms with van der Waals surface area (Å²) in [5.74, 6) is -1.46. The number of nitrogens with one attached hydrogen (secondary N) is 2. The fourth-order valence-electron chi connectivity index (χ4n) is 1.38. The van der Waals surface area contributed by atoms with Crippen molar-refractivity contribution < 1.29 is 17.2 Å². The van der Waals surface area contributed by atoms with Crippen molar-refractivity contribution in [1.29, 1.82) is 0 Å². The molecular weight excluding hydrogens is 262 g/mol. The van der Waals surface area contributed by atoms with Gasteiger partial charge in [0, 0.05) is 24.7 Å². The summed E-state index contributed by atoms with van der Waals surface area (Å²) in [6.07, 6.45) is 0. The number of hydrogen-bond donors (Lipinski definition) is 2. The second kappa shape index (κ2) is 6.21. The Bertz CT molecular complexity index is 506. The van der Waals surface area contributed by atoms with Gasteiger partial charge in [-0.1, -0.05) is 6.07 Å². The van der Waals surface area contributed by atoms with E-state index in [2.05, 4.69) is 10.0 Å². The van der Waals surface area contributed by atoms with Gasteiger partial charge in [-0.25, -0.2) is 21.9 Å². The van der Waals surface area contributed by atoms with Crippen LogP contribution in [0.5, 0.6) is 0 Å². The van der Waals surface area contributed by atoms with Gasteiger partial charge in [0.25, 0.3) is 0 Å². The third kappa shape index (κ3) is 4.01. The maximum Gasteiger partial charge on any atom is 0.215 e. The second-order valence-electron chi connectivity index (χ2n) is 3.97. The summed E-state index contributed by atoms with van der Waals surface area (Å²) in [5, 5.41) is 2.11. The van der Waals surface area contributed by atoms with Gasteiger partial charge in [-0.15, -0.1) is 0 Å². The molecule has 0 bridgehead atoms. The summed E-state index contributed by atoms with van der Waals surface area (Å²) in [5.41, 5.74) is 0.108. The monoisotopic (exact) mass is 278 g/mol. The predicted octanol–water partition coefficient (Wildman–Crippen LogP) is 0.992. The van der Waals surface area contributed by atoms with Crippen LogP contribution in [0.25, 0.3) is 0 Å². The van der Waals surface area contributed by atoms with Crippen molar-refractivity contribution in [2.24, 2.45) is 0 Å². The Balaban J connectivity index is 2.70. The van der Waals surface area contributed by atoms with Crippen LogP contribution in [0.3, 0.4) is 0 Å². The minimum atomic E-state index is -3.52. The molecule has 1 aromatic rings. The molecule has 0 aliphatic carbocycles. The summed E-state index contributed by atoms with van der Waals surface area (Å²) in [6.45, 7) is 1.64. The quantitative estimate of drug-likeness (QED) is 0.816. The smallest absolute Gasteiger partial charge is 0.215 e. The Kier molecular flexibility index (Phi) is 5.18. The molecule has 4 nitrogen and oxygen atoms in total. The maximum atomic E-state index is 13.3. The minimum Gasteiger partial charge on any atom is -0.318 e. The lowest BCUT2D eigenvalue weighted by Gasteiger charge is -2.13. The van der Waals surface area contributed by atoms with Crippen LogP contribution in [0.15, 0.2) is 18.2 Å². The van der Waals surface area contributed by atoms with Crippen LogP contribution in [0, 0.1) is 11.6 Å².